The fraction of sp³-hybridized carbons (Fsp3) is 0.375. The van der Waals surface area contributed by atoms with Gasteiger partial charge in [0.25, 0.3) is 0 Å². The molecule has 2 fully saturated rings. The number of benzene rings is 2. The van der Waals surface area contributed by atoms with Crippen molar-refractivity contribution in [1.29, 1.82) is 0 Å². The average Bonchev–Trinajstić information content (AvgIpc) is 3.10. The maximum Gasteiger partial charge on any atom is 0.228 e. The Morgan fingerprint density at radius 2 is 2.03 bits per heavy atom. The predicted octanol–water partition coefficient (Wildman–Crippen LogP) is 4.72. The third-order valence-electron chi connectivity index (χ3n) is 6.93. The van der Waals surface area contributed by atoms with Crippen molar-refractivity contribution in [2.24, 2.45) is 11.3 Å². The molecule has 1 spiro atoms. The lowest BCUT2D eigenvalue weighted by molar-refractivity contribution is -0.118. The van der Waals surface area contributed by atoms with Crippen LogP contribution in [0.15, 0.2) is 42.5 Å². The molecule has 1 saturated heterocycles. The third-order valence-corrected chi connectivity index (χ3v) is 7.88. The van der Waals surface area contributed by atoms with Gasteiger partial charge in [-0.15, -0.1) is 11.3 Å². The van der Waals surface area contributed by atoms with Gasteiger partial charge < -0.3 is 10.3 Å². The second kappa shape index (κ2) is 7.14. The van der Waals surface area contributed by atoms with Crippen LogP contribution in [0.25, 0.3) is 21.3 Å². The first-order chi connectivity index (χ1) is 15.1. The summed E-state index contributed by atoms with van der Waals surface area (Å²) in [4.78, 5) is 28.0. The van der Waals surface area contributed by atoms with E-state index >= 15 is 0 Å². The van der Waals surface area contributed by atoms with E-state index in [4.69, 9.17) is 4.98 Å². The summed E-state index contributed by atoms with van der Waals surface area (Å²) in [7, 11) is 0. The van der Waals surface area contributed by atoms with Gasteiger partial charge in [0.2, 0.25) is 5.91 Å². The van der Waals surface area contributed by atoms with Gasteiger partial charge in [0.1, 0.15) is 5.82 Å². The van der Waals surface area contributed by atoms with E-state index < -0.39 is 0 Å². The molecule has 2 aromatic carbocycles. The van der Waals surface area contributed by atoms with Crippen LogP contribution in [0.4, 0.5) is 5.69 Å². The van der Waals surface area contributed by atoms with Crippen LogP contribution in [0.3, 0.4) is 0 Å². The lowest BCUT2D eigenvalue weighted by Gasteiger charge is -2.32. The number of aromatic nitrogens is 3. The zero-order valence-electron chi connectivity index (χ0n) is 17.5. The Bertz CT molecular complexity index is 1250. The Morgan fingerprint density at radius 1 is 1.19 bits per heavy atom. The Labute approximate surface area is 184 Å². The zero-order valence-corrected chi connectivity index (χ0v) is 18.3. The van der Waals surface area contributed by atoms with E-state index in [0.29, 0.717) is 0 Å². The fourth-order valence-electron chi connectivity index (χ4n) is 5.07. The highest BCUT2D eigenvalue weighted by atomic mass is 32.1. The monoisotopic (exact) mass is 431 g/mol. The van der Waals surface area contributed by atoms with Crippen LogP contribution in [0.1, 0.15) is 30.1 Å². The number of nitrogens with zero attached hydrogens (tertiary/aromatic N) is 3. The molecule has 0 radical (unpaired) electrons. The van der Waals surface area contributed by atoms with Crippen molar-refractivity contribution >= 4 is 44.2 Å². The summed E-state index contributed by atoms with van der Waals surface area (Å²) in [5, 5.41) is 4.19. The van der Waals surface area contributed by atoms with Crippen LogP contribution >= 0.6 is 11.3 Å². The van der Waals surface area contributed by atoms with E-state index in [0.717, 1.165) is 76.7 Å². The number of amides is 1. The Hall–Kier alpha value is -2.77. The molecule has 1 atom stereocenters. The lowest BCUT2D eigenvalue weighted by atomic mass is 9.90. The number of aryl methyl sites for hydroxylation is 1. The summed E-state index contributed by atoms with van der Waals surface area (Å²) in [6.45, 7) is 4.89. The van der Waals surface area contributed by atoms with Crippen molar-refractivity contribution in [2.45, 2.75) is 32.7 Å². The fourth-order valence-corrected chi connectivity index (χ4v) is 5.88. The number of carbonyl (C=O) groups is 1. The van der Waals surface area contributed by atoms with Gasteiger partial charge in [-0.3, -0.25) is 9.69 Å². The van der Waals surface area contributed by atoms with Gasteiger partial charge in [-0.1, -0.05) is 12.1 Å². The van der Waals surface area contributed by atoms with Gasteiger partial charge in [-0.25, -0.2) is 9.97 Å². The summed E-state index contributed by atoms with van der Waals surface area (Å²) in [5.74, 6) is 1.32. The highest BCUT2D eigenvalue weighted by molar-refractivity contribution is 7.18. The molecule has 1 amide bonds. The molecule has 4 aromatic rings. The van der Waals surface area contributed by atoms with Gasteiger partial charge in [0.15, 0.2) is 0 Å². The zero-order chi connectivity index (χ0) is 21.0. The molecule has 1 saturated carbocycles. The van der Waals surface area contributed by atoms with E-state index in [1.807, 2.05) is 37.3 Å². The minimum absolute atomic E-state index is 0.133. The number of H-pyrrole nitrogens is 1. The molecule has 2 aromatic heterocycles. The summed E-state index contributed by atoms with van der Waals surface area (Å²) < 4.78 is 1.16. The Morgan fingerprint density at radius 3 is 2.87 bits per heavy atom. The summed E-state index contributed by atoms with van der Waals surface area (Å²) in [6.07, 6.45) is 3.17. The van der Waals surface area contributed by atoms with E-state index in [1.54, 1.807) is 11.3 Å². The number of fused-ring (bicyclic) bond motifs is 2. The molecular formula is C24H25N5OS. The molecule has 7 heteroatoms. The predicted molar refractivity (Wildman–Crippen MR) is 124 cm³/mol. The third kappa shape index (κ3) is 3.51. The largest absolute Gasteiger partial charge is 0.341 e. The maximum absolute atomic E-state index is 12.9. The number of likely N-dealkylation sites (tertiary alicyclic amines) is 1. The topological polar surface area (TPSA) is 73.9 Å². The first kappa shape index (κ1) is 19.0. The molecule has 2 aliphatic rings. The first-order valence-corrected chi connectivity index (χ1v) is 11.7. The van der Waals surface area contributed by atoms with Crippen LogP contribution < -0.4 is 5.32 Å². The standard InChI is InChI=1S/C24H25N5OS/c1-15-25-20-12-16(6-7-21(20)31-15)26-23(30)17-13-24(17)8-10-29(11-9-24)14-22-27-18-4-2-3-5-19(18)28-22/h2-7,12,17H,8-11,13-14H2,1H3,(H,26,30)(H,27,28). The number of rotatable bonds is 4. The number of imidazole rings is 1. The minimum atomic E-state index is 0.133. The molecule has 2 N–H and O–H groups in total. The quantitative estimate of drug-likeness (QED) is 0.490. The second-order valence-corrected chi connectivity index (χ2v) is 10.2. The number of carbonyl (C=O) groups excluding carboxylic acids is 1. The molecule has 6 rings (SSSR count). The number of anilines is 1. The summed E-state index contributed by atoms with van der Waals surface area (Å²) >= 11 is 1.68. The maximum atomic E-state index is 12.9. The van der Waals surface area contributed by atoms with E-state index in [9.17, 15) is 4.79 Å². The van der Waals surface area contributed by atoms with Crippen molar-refractivity contribution in [3.8, 4) is 0 Å². The second-order valence-electron chi connectivity index (χ2n) is 9.00. The van der Waals surface area contributed by atoms with Gasteiger partial charge >= 0.3 is 0 Å². The Balaban J connectivity index is 1.06. The molecule has 3 heterocycles. The van der Waals surface area contributed by atoms with Crippen molar-refractivity contribution in [2.75, 3.05) is 18.4 Å². The highest BCUT2D eigenvalue weighted by Gasteiger charge is 2.58. The van der Waals surface area contributed by atoms with Crippen molar-refractivity contribution in [3.05, 3.63) is 53.3 Å². The summed E-state index contributed by atoms with van der Waals surface area (Å²) in [5.41, 5.74) is 4.12. The number of hydrogen-bond acceptors (Lipinski definition) is 5. The van der Waals surface area contributed by atoms with Gasteiger partial charge in [-0.2, -0.15) is 0 Å². The first-order valence-electron chi connectivity index (χ1n) is 10.9. The minimum Gasteiger partial charge on any atom is -0.341 e. The number of para-hydroxylation sites is 2. The summed E-state index contributed by atoms with van der Waals surface area (Å²) in [6, 6.07) is 14.2. The normalized spacial score (nSPS) is 20.5. The Kier molecular flexibility index (Phi) is 4.36. The molecule has 1 unspecified atom stereocenters. The van der Waals surface area contributed by atoms with E-state index in [-0.39, 0.29) is 17.2 Å². The highest BCUT2D eigenvalue weighted by Crippen LogP contribution is 2.59. The molecule has 6 nitrogen and oxygen atoms in total. The number of thiazole rings is 1. The van der Waals surface area contributed by atoms with Gasteiger partial charge in [0.05, 0.1) is 32.8 Å². The van der Waals surface area contributed by atoms with Crippen molar-refractivity contribution < 1.29 is 4.79 Å². The van der Waals surface area contributed by atoms with Gasteiger partial charge in [0, 0.05) is 11.6 Å². The number of aromatic amines is 1. The van der Waals surface area contributed by atoms with E-state index in [2.05, 4.69) is 32.3 Å². The average molecular weight is 432 g/mol. The van der Waals surface area contributed by atoms with Crippen LogP contribution in [-0.4, -0.2) is 38.8 Å². The molecular weight excluding hydrogens is 406 g/mol. The lowest BCUT2D eigenvalue weighted by Crippen LogP contribution is -2.36. The molecule has 0 bridgehead atoms. The number of piperidine rings is 1. The number of nitrogens with one attached hydrogen (secondary N) is 2. The van der Waals surface area contributed by atoms with Gasteiger partial charge in [-0.05, 0) is 75.0 Å². The molecule has 1 aliphatic carbocycles. The smallest absolute Gasteiger partial charge is 0.228 e. The van der Waals surface area contributed by atoms with E-state index in [1.165, 1.54) is 0 Å². The van der Waals surface area contributed by atoms with Crippen LogP contribution in [-0.2, 0) is 11.3 Å². The van der Waals surface area contributed by atoms with Crippen molar-refractivity contribution in [3.63, 3.8) is 0 Å². The van der Waals surface area contributed by atoms with Crippen LogP contribution in [0, 0.1) is 18.3 Å². The molecule has 31 heavy (non-hydrogen) atoms. The molecule has 158 valence electrons. The number of hydrogen-bond donors (Lipinski definition) is 2. The molecule has 1 aliphatic heterocycles. The SMILES string of the molecule is Cc1nc2cc(NC(=O)C3CC34CCN(Cc3nc5ccccc5[nH]3)CC4)ccc2s1. The van der Waals surface area contributed by atoms with Crippen molar-refractivity contribution in [1.82, 2.24) is 19.9 Å². The van der Waals surface area contributed by atoms with Crippen LogP contribution in [0.2, 0.25) is 0 Å². The van der Waals surface area contributed by atoms with Crippen LogP contribution in [0.5, 0.6) is 0 Å².